The van der Waals surface area contributed by atoms with Crippen LogP contribution < -0.4 is 26.0 Å². The van der Waals surface area contributed by atoms with Gasteiger partial charge in [0.1, 0.15) is 9.23 Å². The average molecular weight is 703 g/mol. The van der Waals surface area contributed by atoms with Crippen molar-refractivity contribution in [2.75, 3.05) is 29.0 Å². The van der Waals surface area contributed by atoms with E-state index in [0.29, 0.717) is 33.2 Å². The fraction of sp³-hybridized carbons (Fsp3) is 0.185. The van der Waals surface area contributed by atoms with Gasteiger partial charge < -0.3 is 21.3 Å². The second-order valence-electron chi connectivity index (χ2n) is 9.21. The molecule has 6 bridgehead atoms. The third-order valence-electron chi connectivity index (χ3n) is 5.88. The molecule has 2 aromatic heterocycles. The minimum absolute atomic E-state index is 0.0209. The number of rotatable bonds is 6. The van der Waals surface area contributed by atoms with Crippen molar-refractivity contribution in [3.63, 3.8) is 0 Å². The van der Waals surface area contributed by atoms with Gasteiger partial charge in [-0.05, 0) is 66.4 Å². The summed E-state index contributed by atoms with van der Waals surface area (Å²) in [6.45, 7) is 0.112. The van der Waals surface area contributed by atoms with Crippen molar-refractivity contribution in [1.29, 1.82) is 0 Å². The number of aryl methyl sites for hydroxylation is 2. The second-order valence-corrected chi connectivity index (χ2v) is 13.3. The first-order chi connectivity index (χ1) is 21.3. The molecule has 238 valence electrons. The van der Waals surface area contributed by atoms with E-state index in [2.05, 4.69) is 36.0 Å². The Hall–Kier alpha value is -3.96. The maximum absolute atomic E-state index is 12.6. The molecule has 11 nitrogen and oxygen atoms in total. The minimum atomic E-state index is -4.64. The molecule has 45 heavy (non-hydrogen) atoms. The van der Waals surface area contributed by atoms with E-state index in [0.717, 1.165) is 40.3 Å². The molecule has 0 radical (unpaired) electrons. The van der Waals surface area contributed by atoms with E-state index < -0.39 is 28.5 Å². The number of carbonyl (C=O) groups excluding carboxylic acids is 2. The van der Waals surface area contributed by atoms with Gasteiger partial charge in [-0.25, -0.2) is 22.9 Å². The number of fused-ring (bicyclic) bond motifs is 6. The number of aldehydes is 1. The Bertz CT molecular complexity index is 1790. The summed E-state index contributed by atoms with van der Waals surface area (Å²) in [7, 11) is -3.69. The van der Waals surface area contributed by atoms with Crippen LogP contribution in [0.5, 0.6) is 0 Å². The van der Waals surface area contributed by atoms with Gasteiger partial charge >= 0.3 is 12.2 Å². The molecular weight excluding hydrogens is 678 g/mol. The van der Waals surface area contributed by atoms with Crippen LogP contribution >= 0.6 is 34.5 Å². The topological polar surface area (TPSA) is 154 Å². The number of sulfonamides is 1. The van der Waals surface area contributed by atoms with Gasteiger partial charge in [-0.1, -0.05) is 35.3 Å². The zero-order valence-corrected chi connectivity index (χ0v) is 26.1. The molecule has 5 rings (SSSR count). The number of urea groups is 1. The van der Waals surface area contributed by atoms with Crippen LogP contribution in [0.25, 0.3) is 0 Å². The summed E-state index contributed by atoms with van der Waals surface area (Å²) in [6, 6.07) is 16.0. The van der Waals surface area contributed by atoms with E-state index in [4.69, 9.17) is 28.0 Å². The highest BCUT2D eigenvalue weighted by Gasteiger charge is 2.25. The van der Waals surface area contributed by atoms with Gasteiger partial charge in [-0.3, -0.25) is 4.79 Å². The van der Waals surface area contributed by atoms with E-state index in [-0.39, 0.29) is 17.3 Å². The van der Waals surface area contributed by atoms with E-state index >= 15 is 0 Å². The third-order valence-corrected chi connectivity index (χ3v) is 9.34. The molecule has 2 amide bonds. The molecule has 0 fully saturated rings. The first-order valence-corrected chi connectivity index (χ1v) is 16.0. The fourth-order valence-corrected chi connectivity index (χ4v) is 6.60. The number of alkyl halides is 3. The summed E-state index contributed by atoms with van der Waals surface area (Å²) in [5.41, 5.74) is 4.22. The molecular formula is C27H24Cl2F3N7O4S2. The quantitative estimate of drug-likeness (QED) is 0.116. The lowest BCUT2D eigenvalue weighted by Gasteiger charge is -2.15. The Kier molecular flexibility index (Phi) is 11.2. The van der Waals surface area contributed by atoms with Crippen LogP contribution in [0.2, 0.25) is 9.36 Å². The van der Waals surface area contributed by atoms with Crippen LogP contribution in [0.15, 0.2) is 65.0 Å². The average Bonchev–Trinajstić information content (AvgIpc) is 3.44. The van der Waals surface area contributed by atoms with Crippen molar-refractivity contribution in [2.24, 2.45) is 0 Å². The van der Waals surface area contributed by atoms with Crippen molar-refractivity contribution < 1.29 is 31.2 Å². The van der Waals surface area contributed by atoms with Gasteiger partial charge in [0.25, 0.3) is 0 Å². The van der Waals surface area contributed by atoms with Crippen LogP contribution in [0, 0.1) is 0 Å². The van der Waals surface area contributed by atoms with Gasteiger partial charge in [0.2, 0.25) is 22.3 Å². The number of nitrogens with zero attached hydrogens (tertiary/aromatic N) is 2. The molecule has 0 aliphatic carbocycles. The maximum atomic E-state index is 12.6. The number of aromatic nitrogens is 2. The second kappa shape index (κ2) is 14.9. The van der Waals surface area contributed by atoms with Crippen molar-refractivity contribution in [2.45, 2.75) is 23.2 Å². The monoisotopic (exact) mass is 701 g/mol. The molecule has 1 aliphatic heterocycles. The van der Waals surface area contributed by atoms with Gasteiger partial charge in [0, 0.05) is 30.2 Å². The molecule has 0 unspecified atom stereocenters. The lowest BCUT2D eigenvalue weighted by Crippen LogP contribution is -2.36. The number of carbonyl (C=O) groups is 2. The van der Waals surface area contributed by atoms with Gasteiger partial charge in [-0.2, -0.15) is 18.2 Å². The summed E-state index contributed by atoms with van der Waals surface area (Å²) in [5, 5.41) is 12.3. The van der Waals surface area contributed by atoms with Crippen molar-refractivity contribution in [3.05, 3.63) is 81.3 Å². The van der Waals surface area contributed by atoms with Crippen LogP contribution in [0.1, 0.15) is 11.1 Å². The lowest BCUT2D eigenvalue weighted by atomic mass is 10.0. The van der Waals surface area contributed by atoms with Gasteiger partial charge in [0.15, 0.2) is 5.82 Å². The van der Waals surface area contributed by atoms with Crippen molar-refractivity contribution in [1.82, 2.24) is 20.0 Å². The number of nitrogens with one attached hydrogen (secondary N) is 5. The number of hydrogen-bond acceptors (Lipinski definition) is 9. The molecule has 0 atom stereocenters. The summed E-state index contributed by atoms with van der Waals surface area (Å²) in [6.07, 6.45) is -2.80. The zero-order chi connectivity index (χ0) is 32.6. The highest BCUT2D eigenvalue weighted by Crippen LogP contribution is 2.29. The van der Waals surface area contributed by atoms with E-state index in [1.165, 1.54) is 18.3 Å². The molecule has 0 spiro atoms. The van der Waals surface area contributed by atoms with E-state index in [9.17, 15) is 26.4 Å². The van der Waals surface area contributed by atoms with Crippen LogP contribution in [-0.4, -0.2) is 50.0 Å². The molecule has 2 aromatic carbocycles. The largest absolute Gasteiger partial charge is 0.446 e. The Morgan fingerprint density at radius 1 is 1.02 bits per heavy atom. The highest BCUT2D eigenvalue weighted by atomic mass is 35.5. The number of anilines is 5. The number of halogens is 5. The SMILES string of the molecule is O=C(NCCNS(=O)(=O)c1ccc(Cl)s1)Nc1ccc2cc1CCc1cccc(c1)Nc1ncc(Cl)c(n1)N2.O=CC(F)(F)F. The normalized spacial score (nSPS) is 12.5. The first-order valence-electron chi connectivity index (χ1n) is 12.9. The van der Waals surface area contributed by atoms with Crippen LogP contribution in [0.3, 0.4) is 0 Å². The molecule has 4 aromatic rings. The van der Waals surface area contributed by atoms with Crippen LogP contribution in [0.4, 0.5) is 46.8 Å². The third kappa shape index (κ3) is 10.3. The predicted molar refractivity (Wildman–Crippen MR) is 168 cm³/mol. The standard InChI is InChI=1S/C25H23Cl2N7O3S2.C2HF3O/c26-19-14-29-24-32-17-3-1-2-15(12-17)4-5-16-13-18(31-23(19)34-24)6-7-20(16)33-25(35)28-10-11-30-39(36,37)22-9-8-21(27)38-22;3-2(4,5)1-6/h1-3,6-9,12-14,30H,4-5,10-11H2,(H2,28,33,35)(H2,29,31,32,34);1H. The van der Waals surface area contributed by atoms with E-state index in [1.54, 1.807) is 6.07 Å². The molecule has 1 aliphatic rings. The number of thiophene rings is 1. The first kappa shape index (κ1) is 33.9. The van der Waals surface area contributed by atoms with E-state index in [1.807, 2.05) is 36.4 Å². The Labute approximate surface area is 269 Å². The summed E-state index contributed by atoms with van der Waals surface area (Å²) in [4.78, 5) is 30.1. The summed E-state index contributed by atoms with van der Waals surface area (Å²) >= 11 is 13.1. The number of hydrogen-bond donors (Lipinski definition) is 5. The maximum Gasteiger partial charge on any atom is 0.446 e. The number of benzene rings is 2. The minimum Gasteiger partial charge on any atom is -0.339 e. The van der Waals surface area contributed by atoms with Gasteiger partial charge in [0.05, 0.1) is 10.5 Å². The summed E-state index contributed by atoms with van der Waals surface area (Å²) in [5.74, 6) is 0.858. The summed E-state index contributed by atoms with van der Waals surface area (Å²) < 4.78 is 58.8. The molecule has 18 heteroatoms. The molecule has 3 heterocycles. The van der Waals surface area contributed by atoms with Crippen molar-refractivity contribution in [3.8, 4) is 0 Å². The predicted octanol–water partition coefficient (Wildman–Crippen LogP) is 6.28. The molecule has 5 N–H and O–H groups in total. The fourth-order valence-electron chi connectivity index (χ4n) is 3.91. The Balaban J connectivity index is 0.000000700. The lowest BCUT2D eigenvalue weighted by molar-refractivity contribution is -0.156. The van der Waals surface area contributed by atoms with Crippen molar-refractivity contribution >= 4 is 85.7 Å². The zero-order valence-electron chi connectivity index (χ0n) is 22.9. The molecule has 0 saturated carbocycles. The smallest absolute Gasteiger partial charge is 0.339 e. The highest BCUT2D eigenvalue weighted by molar-refractivity contribution is 7.91. The number of amides is 2. The Morgan fingerprint density at radius 2 is 1.78 bits per heavy atom. The Morgan fingerprint density at radius 3 is 2.49 bits per heavy atom. The molecule has 0 saturated heterocycles. The van der Waals surface area contributed by atoms with Crippen LogP contribution in [-0.2, 0) is 27.7 Å². The van der Waals surface area contributed by atoms with Gasteiger partial charge in [-0.15, -0.1) is 11.3 Å².